The van der Waals surface area contributed by atoms with E-state index in [0.29, 0.717) is 11.0 Å². The van der Waals surface area contributed by atoms with Gasteiger partial charge >= 0.3 is 0 Å². The summed E-state index contributed by atoms with van der Waals surface area (Å²) in [5.74, 6) is -1.67. The first kappa shape index (κ1) is 8.99. The molecule has 0 amide bonds. The molecule has 0 radical (unpaired) electrons. The maximum Gasteiger partial charge on any atom is 0.164 e. The summed E-state index contributed by atoms with van der Waals surface area (Å²) in [6.45, 7) is 2.99. The Morgan fingerprint density at radius 1 is 0.857 bits per heavy atom. The molecule has 0 N–H and O–H groups in total. The fraction of sp³-hybridized carbons (Fsp3) is 0.200. The van der Waals surface area contributed by atoms with E-state index in [1.807, 2.05) is 0 Å². The third-order valence-electron chi connectivity index (χ3n) is 2.26. The molecular weight excluding hydrogens is 186 g/mol. The van der Waals surface area contributed by atoms with Gasteiger partial charge in [0.25, 0.3) is 0 Å². The molecule has 1 aromatic heterocycles. The second-order valence-electron chi connectivity index (χ2n) is 3.13. The number of hydrogen-bond acceptors (Lipinski definition) is 2. The lowest BCUT2D eigenvalue weighted by atomic mass is 10.1. The van der Waals surface area contributed by atoms with E-state index in [0.717, 1.165) is 0 Å². The summed E-state index contributed by atoms with van der Waals surface area (Å²) >= 11 is 0. The number of aryl methyl sites for hydroxylation is 2. The molecule has 0 unspecified atom stereocenters. The minimum Gasteiger partial charge on any atom is -0.253 e. The average Bonchev–Trinajstić information content (AvgIpc) is 2.23. The molecule has 2 rings (SSSR count). The highest BCUT2D eigenvalue weighted by Gasteiger charge is 2.15. The monoisotopic (exact) mass is 194 g/mol. The first-order chi connectivity index (χ1) is 6.63. The van der Waals surface area contributed by atoms with Crippen molar-refractivity contribution in [2.24, 2.45) is 0 Å². The average molecular weight is 194 g/mol. The zero-order chi connectivity index (χ0) is 10.3. The van der Waals surface area contributed by atoms with E-state index < -0.39 is 11.6 Å². The zero-order valence-electron chi connectivity index (χ0n) is 7.81. The van der Waals surface area contributed by atoms with E-state index >= 15 is 0 Å². The zero-order valence-corrected chi connectivity index (χ0v) is 7.81. The summed E-state index contributed by atoms with van der Waals surface area (Å²) in [7, 11) is 0. The van der Waals surface area contributed by atoms with Crippen molar-refractivity contribution in [3.05, 3.63) is 35.2 Å². The quantitative estimate of drug-likeness (QED) is 0.644. The van der Waals surface area contributed by atoms with Gasteiger partial charge in [0.2, 0.25) is 0 Å². The molecule has 0 saturated heterocycles. The Balaban J connectivity index is 3.02. The van der Waals surface area contributed by atoms with Crippen LogP contribution in [0.2, 0.25) is 0 Å². The lowest BCUT2D eigenvalue weighted by Crippen LogP contribution is -1.98. The SMILES string of the molecule is Cc1c(F)c(F)c(C)c2nccnc12. The van der Waals surface area contributed by atoms with Crippen LogP contribution in [0.4, 0.5) is 8.78 Å². The van der Waals surface area contributed by atoms with Crippen molar-refractivity contribution in [1.82, 2.24) is 9.97 Å². The van der Waals surface area contributed by atoms with E-state index in [4.69, 9.17) is 0 Å². The van der Waals surface area contributed by atoms with Crippen LogP contribution in [0, 0.1) is 25.5 Å². The van der Waals surface area contributed by atoms with Crippen molar-refractivity contribution in [1.29, 1.82) is 0 Å². The maximum atomic E-state index is 13.3. The van der Waals surface area contributed by atoms with Gasteiger partial charge in [-0.05, 0) is 13.8 Å². The summed E-state index contributed by atoms with van der Waals surface area (Å²) in [6, 6.07) is 0. The molecule has 0 spiro atoms. The first-order valence-electron chi connectivity index (χ1n) is 4.17. The normalized spacial score (nSPS) is 10.9. The van der Waals surface area contributed by atoms with Crippen molar-refractivity contribution >= 4 is 11.0 Å². The minimum absolute atomic E-state index is 0.205. The Hall–Kier alpha value is -1.58. The number of fused-ring (bicyclic) bond motifs is 1. The van der Waals surface area contributed by atoms with Crippen molar-refractivity contribution < 1.29 is 8.78 Å². The van der Waals surface area contributed by atoms with Gasteiger partial charge in [0.1, 0.15) is 0 Å². The van der Waals surface area contributed by atoms with Crippen LogP contribution in [0.25, 0.3) is 11.0 Å². The molecule has 0 atom stereocenters. The van der Waals surface area contributed by atoms with Gasteiger partial charge in [-0.25, -0.2) is 8.78 Å². The lowest BCUT2D eigenvalue weighted by Gasteiger charge is -2.06. The lowest BCUT2D eigenvalue weighted by molar-refractivity contribution is 0.500. The van der Waals surface area contributed by atoms with Gasteiger partial charge in [0.05, 0.1) is 11.0 Å². The Kier molecular flexibility index (Phi) is 1.91. The standard InChI is InChI=1S/C10H8F2N2/c1-5-7(11)8(12)6(2)10-9(5)13-3-4-14-10/h3-4H,1-2H3. The van der Waals surface area contributed by atoms with Gasteiger partial charge in [0.15, 0.2) is 11.6 Å². The first-order valence-corrected chi connectivity index (χ1v) is 4.17. The van der Waals surface area contributed by atoms with Gasteiger partial charge < -0.3 is 0 Å². The number of halogens is 2. The third-order valence-corrected chi connectivity index (χ3v) is 2.26. The number of hydrogen-bond donors (Lipinski definition) is 0. The summed E-state index contributed by atoms with van der Waals surface area (Å²) in [6.07, 6.45) is 2.93. The highest BCUT2D eigenvalue weighted by atomic mass is 19.2. The predicted octanol–water partition coefficient (Wildman–Crippen LogP) is 2.52. The van der Waals surface area contributed by atoms with Gasteiger partial charge in [0, 0.05) is 23.5 Å². The van der Waals surface area contributed by atoms with Crippen molar-refractivity contribution in [3.63, 3.8) is 0 Å². The number of benzene rings is 1. The highest BCUT2D eigenvalue weighted by molar-refractivity contribution is 5.81. The van der Waals surface area contributed by atoms with Crippen LogP contribution < -0.4 is 0 Å². The topological polar surface area (TPSA) is 25.8 Å². The number of aromatic nitrogens is 2. The largest absolute Gasteiger partial charge is 0.253 e. The van der Waals surface area contributed by atoms with Crippen LogP contribution in [-0.4, -0.2) is 9.97 Å². The minimum atomic E-state index is -0.837. The summed E-state index contributed by atoms with van der Waals surface area (Å²) in [5, 5.41) is 0. The Morgan fingerprint density at radius 3 is 1.57 bits per heavy atom. The molecule has 0 aliphatic carbocycles. The third kappa shape index (κ3) is 1.07. The molecule has 72 valence electrons. The smallest absolute Gasteiger partial charge is 0.164 e. The molecule has 0 aliphatic rings. The van der Waals surface area contributed by atoms with Gasteiger partial charge in [-0.15, -0.1) is 0 Å². The molecule has 2 aromatic rings. The van der Waals surface area contributed by atoms with Crippen LogP contribution in [0.3, 0.4) is 0 Å². The second-order valence-corrected chi connectivity index (χ2v) is 3.13. The van der Waals surface area contributed by atoms with Crippen molar-refractivity contribution in [2.75, 3.05) is 0 Å². The van der Waals surface area contributed by atoms with Crippen LogP contribution in [0.5, 0.6) is 0 Å². The summed E-state index contributed by atoms with van der Waals surface area (Å²) < 4.78 is 26.6. The van der Waals surface area contributed by atoms with Gasteiger partial charge in [-0.3, -0.25) is 9.97 Å². The predicted molar refractivity (Wildman–Crippen MR) is 48.9 cm³/mol. The molecule has 2 nitrogen and oxygen atoms in total. The molecule has 0 aliphatic heterocycles. The van der Waals surface area contributed by atoms with Gasteiger partial charge in [-0.1, -0.05) is 0 Å². The molecule has 0 saturated carbocycles. The molecule has 0 bridgehead atoms. The Bertz CT molecular complexity index is 462. The van der Waals surface area contributed by atoms with Crippen molar-refractivity contribution in [2.45, 2.75) is 13.8 Å². The summed E-state index contributed by atoms with van der Waals surface area (Å²) in [5.41, 5.74) is 1.25. The van der Waals surface area contributed by atoms with E-state index in [1.165, 1.54) is 26.2 Å². The van der Waals surface area contributed by atoms with Crippen LogP contribution in [0.15, 0.2) is 12.4 Å². The van der Waals surface area contributed by atoms with E-state index in [9.17, 15) is 8.78 Å². The second kappa shape index (κ2) is 2.97. The molecule has 14 heavy (non-hydrogen) atoms. The summed E-state index contributed by atoms with van der Waals surface area (Å²) in [4.78, 5) is 7.95. The van der Waals surface area contributed by atoms with Gasteiger partial charge in [-0.2, -0.15) is 0 Å². The molecule has 1 aromatic carbocycles. The maximum absolute atomic E-state index is 13.3. The van der Waals surface area contributed by atoms with Crippen LogP contribution >= 0.6 is 0 Å². The van der Waals surface area contributed by atoms with Crippen molar-refractivity contribution in [3.8, 4) is 0 Å². The fourth-order valence-electron chi connectivity index (χ4n) is 1.42. The molecule has 1 heterocycles. The van der Waals surface area contributed by atoms with E-state index in [2.05, 4.69) is 9.97 Å². The number of rotatable bonds is 0. The van der Waals surface area contributed by atoms with Crippen LogP contribution in [-0.2, 0) is 0 Å². The molecule has 4 heteroatoms. The van der Waals surface area contributed by atoms with E-state index in [-0.39, 0.29) is 11.1 Å². The Morgan fingerprint density at radius 2 is 1.21 bits per heavy atom. The Labute approximate surface area is 79.6 Å². The highest BCUT2D eigenvalue weighted by Crippen LogP contribution is 2.24. The van der Waals surface area contributed by atoms with Crippen LogP contribution in [0.1, 0.15) is 11.1 Å². The molecular formula is C10H8F2N2. The van der Waals surface area contributed by atoms with E-state index in [1.54, 1.807) is 0 Å². The molecule has 0 fully saturated rings. The fourth-order valence-corrected chi connectivity index (χ4v) is 1.42. The number of nitrogens with zero attached hydrogens (tertiary/aromatic N) is 2.